The molecule has 1 saturated heterocycles. The number of methoxy groups -OCH3 is 1. The number of carbonyl (C=O) groups excluding carboxylic acids is 2. The molecule has 5 nitrogen and oxygen atoms in total. The molecule has 3 rings (SSSR count). The second kappa shape index (κ2) is 5.76. The van der Waals surface area contributed by atoms with E-state index in [2.05, 4.69) is 5.32 Å². The maximum atomic E-state index is 12.2. The molecule has 21 heavy (non-hydrogen) atoms. The molecule has 5 heteroatoms. The number of nitrogens with zero attached hydrogens (tertiary/aromatic N) is 1. The summed E-state index contributed by atoms with van der Waals surface area (Å²) in [5.74, 6) is 0.625. The fourth-order valence-electron chi connectivity index (χ4n) is 2.82. The van der Waals surface area contributed by atoms with Crippen LogP contribution in [0.5, 0.6) is 5.75 Å². The monoisotopic (exact) mass is 288 g/mol. The van der Waals surface area contributed by atoms with Gasteiger partial charge in [-0.1, -0.05) is 18.2 Å². The van der Waals surface area contributed by atoms with E-state index < -0.39 is 0 Å². The molecule has 1 atom stereocenters. The molecular formula is C16H20N2O3. The van der Waals surface area contributed by atoms with Gasteiger partial charge in [-0.2, -0.15) is 0 Å². The molecule has 0 aromatic heterocycles. The van der Waals surface area contributed by atoms with Crippen molar-refractivity contribution < 1.29 is 14.3 Å². The molecule has 0 radical (unpaired) electrons. The van der Waals surface area contributed by atoms with Gasteiger partial charge in [-0.15, -0.1) is 0 Å². The average molecular weight is 288 g/mol. The fraction of sp³-hybridized carbons (Fsp3) is 0.500. The SMILES string of the molecule is COc1ccccc1CNC(=O)C1CC(=O)N(C2CC2)C1. The third-order valence-electron chi connectivity index (χ3n) is 4.16. The molecule has 1 aromatic carbocycles. The van der Waals surface area contributed by atoms with Crippen molar-refractivity contribution in [1.82, 2.24) is 10.2 Å². The molecule has 2 amide bonds. The third kappa shape index (κ3) is 3.01. The minimum atomic E-state index is -0.215. The first-order chi connectivity index (χ1) is 10.2. The Bertz CT molecular complexity index is 554. The summed E-state index contributed by atoms with van der Waals surface area (Å²) < 4.78 is 5.26. The van der Waals surface area contributed by atoms with Gasteiger partial charge in [0.15, 0.2) is 0 Å². The Labute approximate surface area is 124 Å². The Balaban J connectivity index is 1.56. The maximum absolute atomic E-state index is 12.2. The standard InChI is InChI=1S/C16H20N2O3/c1-21-14-5-3-2-4-11(14)9-17-16(20)12-8-15(19)18(10-12)13-6-7-13/h2-5,12-13H,6-10H2,1H3,(H,17,20). The van der Waals surface area contributed by atoms with Crippen LogP contribution in [0.1, 0.15) is 24.8 Å². The summed E-state index contributed by atoms with van der Waals surface area (Å²) in [6.45, 7) is 0.998. The van der Waals surface area contributed by atoms with Crippen LogP contribution in [0.4, 0.5) is 0 Å². The van der Waals surface area contributed by atoms with Crippen LogP contribution in [0.25, 0.3) is 0 Å². The highest BCUT2D eigenvalue weighted by atomic mass is 16.5. The first-order valence-electron chi connectivity index (χ1n) is 7.38. The van der Waals surface area contributed by atoms with Crippen LogP contribution in [-0.4, -0.2) is 36.4 Å². The van der Waals surface area contributed by atoms with Gasteiger partial charge in [-0.3, -0.25) is 9.59 Å². The summed E-state index contributed by atoms with van der Waals surface area (Å²) in [5, 5.41) is 2.92. The lowest BCUT2D eigenvalue weighted by Gasteiger charge is -2.15. The number of nitrogens with one attached hydrogen (secondary N) is 1. The van der Waals surface area contributed by atoms with Crippen LogP contribution in [-0.2, 0) is 16.1 Å². The lowest BCUT2D eigenvalue weighted by molar-refractivity contribution is -0.129. The summed E-state index contributed by atoms with van der Waals surface area (Å²) in [5.41, 5.74) is 0.941. The first-order valence-corrected chi connectivity index (χ1v) is 7.38. The largest absolute Gasteiger partial charge is 0.496 e. The van der Waals surface area contributed by atoms with E-state index in [1.165, 1.54) is 0 Å². The zero-order valence-corrected chi connectivity index (χ0v) is 12.2. The fourth-order valence-corrected chi connectivity index (χ4v) is 2.82. The zero-order valence-electron chi connectivity index (χ0n) is 12.2. The number of hydrogen-bond acceptors (Lipinski definition) is 3. The number of benzene rings is 1. The first kappa shape index (κ1) is 13.9. The van der Waals surface area contributed by atoms with Crippen molar-refractivity contribution in [3.8, 4) is 5.75 Å². The van der Waals surface area contributed by atoms with Gasteiger partial charge in [-0.25, -0.2) is 0 Å². The predicted molar refractivity (Wildman–Crippen MR) is 77.7 cm³/mol. The topological polar surface area (TPSA) is 58.6 Å². The smallest absolute Gasteiger partial charge is 0.225 e. The van der Waals surface area contributed by atoms with E-state index in [1.807, 2.05) is 29.2 Å². The third-order valence-corrected chi connectivity index (χ3v) is 4.16. The van der Waals surface area contributed by atoms with E-state index in [-0.39, 0.29) is 17.7 Å². The van der Waals surface area contributed by atoms with Gasteiger partial charge < -0.3 is 15.0 Å². The Morgan fingerprint density at radius 1 is 1.38 bits per heavy atom. The van der Waals surface area contributed by atoms with Gasteiger partial charge in [-0.05, 0) is 18.9 Å². The highest BCUT2D eigenvalue weighted by molar-refractivity contribution is 5.89. The number of carbonyl (C=O) groups is 2. The van der Waals surface area contributed by atoms with E-state index >= 15 is 0 Å². The van der Waals surface area contributed by atoms with E-state index in [0.29, 0.717) is 25.6 Å². The Hall–Kier alpha value is -2.04. The van der Waals surface area contributed by atoms with Crippen molar-refractivity contribution >= 4 is 11.8 Å². The molecule has 112 valence electrons. The van der Waals surface area contributed by atoms with Crippen molar-refractivity contribution in [3.63, 3.8) is 0 Å². The molecule has 1 saturated carbocycles. The summed E-state index contributed by atoms with van der Waals surface area (Å²) >= 11 is 0. The van der Waals surface area contributed by atoms with Gasteiger partial charge >= 0.3 is 0 Å². The molecule has 1 heterocycles. The minimum Gasteiger partial charge on any atom is -0.496 e. The van der Waals surface area contributed by atoms with Gasteiger partial charge in [0.2, 0.25) is 11.8 Å². The zero-order chi connectivity index (χ0) is 14.8. The second-order valence-corrected chi connectivity index (χ2v) is 5.71. The lowest BCUT2D eigenvalue weighted by Crippen LogP contribution is -2.33. The number of amides is 2. The highest BCUT2D eigenvalue weighted by Gasteiger charge is 2.41. The summed E-state index contributed by atoms with van der Waals surface area (Å²) in [4.78, 5) is 26.0. The van der Waals surface area contributed by atoms with Crippen molar-refractivity contribution in [1.29, 1.82) is 0 Å². The molecule has 1 aliphatic carbocycles. The molecular weight excluding hydrogens is 268 g/mol. The molecule has 2 fully saturated rings. The van der Waals surface area contributed by atoms with Crippen LogP contribution in [0.2, 0.25) is 0 Å². The van der Waals surface area contributed by atoms with Crippen LogP contribution in [0.3, 0.4) is 0 Å². The second-order valence-electron chi connectivity index (χ2n) is 5.71. The Morgan fingerprint density at radius 3 is 2.86 bits per heavy atom. The van der Waals surface area contributed by atoms with Crippen molar-refractivity contribution in [2.75, 3.05) is 13.7 Å². The molecule has 1 aromatic rings. The summed E-state index contributed by atoms with van der Waals surface area (Å²) in [6.07, 6.45) is 2.51. The van der Waals surface area contributed by atoms with Gasteiger partial charge in [0.05, 0.1) is 13.0 Å². The van der Waals surface area contributed by atoms with E-state index in [0.717, 1.165) is 24.2 Å². The Kier molecular flexibility index (Phi) is 3.82. The predicted octanol–water partition coefficient (Wildman–Crippen LogP) is 1.32. The number of hydrogen-bond donors (Lipinski definition) is 1. The highest BCUT2D eigenvalue weighted by Crippen LogP contribution is 2.32. The maximum Gasteiger partial charge on any atom is 0.225 e. The lowest BCUT2D eigenvalue weighted by atomic mass is 10.1. The van der Waals surface area contributed by atoms with Crippen LogP contribution < -0.4 is 10.1 Å². The van der Waals surface area contributed by atoms with Crippen molar-refractivity contribution in [2.24, 2.45) is 5.92 Å². The van der Waals surface area contributed by atoms with Crippen LogP contribution >= 0.6 is 0 Å². The molecule has 0 spiro atoms. The molecule has 2 aliphatic rings. The van der Waals surface area contributed by atoms with E-state index in [1.54, 1.807) is 7.11 Å². The molecule has 1 aliphatic heterocycles. The summed E-state index contributed by atoms with van der Waals surface area (Å²) in [6, 6.07) is 8.00. The number of rotatable bonds is 5. The van der Waals surface area contributed by atoms with Crippen LogP contribution in [0, 0.1) is 5.92 Å². The van der Waals surface area contributed by atoms with E-state index in [9.17, 15) is 9.59 Å². The number of ether oxygens (including phenoxy) is 1. The van der Waals surface area contributed by atoms with Gasteiger partial charge in [0.25, 0.3) is 0 Å². The quantitative estimate of drug-likeness (QED) is 0.889. The number of likely N-dealkylation sites (tertiary alicyclic amines) is 1. The van der Waals surface area contributed by atoms with Crippen molar-refractivity contribution in [2.45, 2.75) is 31.8 Å². The summed E-state index contributed by atoms with van der Waals surface area (Å²) in [7, 11) is 1.61. The van der Waals surface area contributed by atoms with E-state index in [4.69, 9.17) is 4.74 Å². The van der Waals surface area contributed by atoms with Crippen LogP contribution in [0.15, 0.2) is 24.3 Å². The Morgan fingerprint density at radius 2 is 2.14 bits per heavy atom. The van der Waals surface area contributed by atoms with Crippen molar-refractivity contribution in [3.05, 3.63) is 29.8 Å². The molecule has 1 N–H and O–H groups in total. The van der Waals surface area contributed by atoms with Gasteiger partial charge in [0.1, 0.15) is 5.75 Å². The normalized spacial score (nSPS) is 21.5. The minimum absolute atomic E-state index is 0.0441. The van der Waals surface area contributed by atoms with Gasteiger partial charge in [0, 0.05) is 31.1 Å². The number of para-hydroxylation sites is 1. The molecule has 1 unspecified atom stereocenters. The average Bonchev–Trinajstić information content (AvgIpc) is 3.27. The molecule has 0 bridgehead atoms.